The zero-order valence-corrected chi connectivity index (χ0v) is 16.1. The fourth-order valence-corrected chi connectivity index (χ4v) is 4.41. The van der Waals surface area contributed by atoms with E-state index in [0.717, 1.165) is 25.7 Å². The number of aryl methyl sites for hydroxylation is 2. The van der Waals surface area contributed by atoms with Crippen LogP contribution in [0.2, 0.25) is 0 Å². The predicted molar refractivity (Wildman–Crippen MR) is 108 cm³/mol. The molecule has 1 aromatic heterocycles. The lowest BCUT2D eigenvalue weighted by atomic mass is 9.90. The van der Waals surface area contributed by atoms with Gasteiger partial charge in [-0.05, 0) is 79.1 Å². The molecular formula is C21H25N3O2S. The maximum atomic E-state index is 12.7. The minimum absolute atomic E-state index is 0.0149. The molecule has 2 aliphatic carbocycles. The summed E-state index contributed by atoms with van der Waals surface area (Å²) in [6, 6.07) is 7.68. The Bertz CT molecular complexity index is 857. The first-order valence-electron chi connectivity index (χ1n) is 9.66. The van der Waals surface area contributed by atoms with Crippen molar-refractivity contribution >= 4 is 28.2 Å². The van der Waals surface area contributed by atoms with Gasteiger partial charge in [0.25, 0.3) is 11.8 Å². The van der Waals surface area contributed by atoms with Crippen LogP contribution in [0.15, 0.2) is 29.6 Å². The van der Waals surface area contributed by atoms with Crippen molar-refractivity contribution in [1.82, 2.24) is 5.32 Å². The molecule has 0 bridgehead atoms. The standard InChI is InChI=1S/C21H25N3O2S/c22-18(14-6-7-14)12-23-20(26)17-9-10-27-21(17)24-19(25)16-8-5-13-3-1-2-4-15(13)11-16/h5,8-11,14,18H,1-4,6-7,12,22H2,(H,23,26)(H,24,25). The average Bonchev–Trinajstić information content (AvgIpc) is 3.45. The summed E-state index contributed by atoms with van der Waals surface area (Å²) in [5.41, 5.74) is 9.81. The molecule has 1 atom stereocenters. The van der Waals surface area contributed by atoms with E-state index >= 15 is 0 Å². The van der Waals surface area contributed by atoms with Gasteiger partial charge in [-0.2, -0.15) is 0 Å². The molecule has 1 heterocycles. The topological polar surface area (TPSA) is 84.2 Å². The first kappa shape index (κ1) is 18.2. The molecule has 27 heavy (non-hydrogen) atoms. The van der Waals surface area contributed by atoms with Crippen molar-refractivity contribution in [2.45, 2.75) is 44.6 Å². The van der Waals surface area contributed by atoms with E-state index in [1.165, 1.54) is 35.3 Å². The van der Waals surface area contributed by atoms with Crippen LogP contribution < -0.4 is 16.4 Å². The summed E-state index contributed by atoms with van der Waals surface area (Å²) in [6.07, 6.45) is 6.82. The number of anilines is 1. The summed E-state index contributed by atoms with van der Waals surface area (Å²) < 4.78 is 0. The molecule has 5 nitrogen and oxygen atoms in total. The van der Waals surface area contributed by atoms with Crippen LogP contribution in [0.4, 0.5) is 5.00 Å². The first-order valence-corrected chi connectivity index (χ1v) is 10.5. The van der Waals surface area contributed by atoms with Crippen LogP contribution in [0.1, 0.15) is 57.5 Å². The van der Waals surface area contributed by atoms with Gasteiger partial charge in [-0.25, -0.2) is 0 Å². The molecule has 0 spiro atoms. The smallest absolute Gasteiger partial charge is 0.256 e. The van der Waals surface area contributed by atoms with Crippen molar-refractivity contribution in [1.29, 1.82) is 0 Å². The minimum Gasteiger partial charge on any atom is -0.350 e. The van der Waals surface area contributed by atoms with Crippen molar-refractivity contribution in [2.75, 3.05) is 11.9 Å². The molecular weight excluding hydrogens is 358 g/mol. The number of nitrogens with two attached hydrogens (primary N) is 1. The third kappa shape index (κ3) is 4.22. The van der Waals surface area contributed by atoms with Crippen molar-refractivity contribution in [2.24, 2.45) is 11.7 Å². The van der Waals surface area contributed by atoms with Gasteiger partial charge in [0.05, 0.1) is 5.56 Å². The van der Waals surface area contributed by atoms with Gasteiger partial charge in [-0.15, -0.1) is 11.3 Å². The summed E-state index contributed by atoms with van der Waals surface area (Å²) >= 11 is 1.36. The molecule has 6 heteroatoms. The number of benzene rings is 1. The van der Waals surface area contributed by atoms with Crippen molar-refractivity contribution in [3.05, 3.63) is 51.9 Å². The zero-order chi connectivity index (χ0) is 18.8. The lowest BCUT2D eigenvalue weighted by Gasteiger charge is -2.16. The Balaban J connectivity index is 1.41. The van der Waals surface area contributed by atoms with Crippen molar-refractivity contribution in [3.8, 4) is 0 Å². The number of hydrogen-bond donors (Lipinski definition) is 3. The summed E-state index contributed by atoms with van der Waals surface area (Å²) in [5.74, 6) is 0.179. The highest BCUT2D eigenvalue weighted by atomic mass is 32.1. The molecule has 1 saturated carbocycles. The summed E-state index contributed by atoms with van der Waals surface area (Å²) in [4.78, 5) is 25.2. The van der Waals surface area contributed by atoms with Crippen LogP contribution in [-0.2, 0) is 12.8 Å². The molecule has 142 valence electrons. The Kier molecular flexibility index (Phi) is 5.27. The van der Waals surface area contributed by atoms with Gasteiger partial charge in [0, 0.05) is 18.2 Å². The highest BCUT2D eigenvalue weighted by Gasteiger charge is 2.28. The van der Waals surface area contributed by atoms with Crippen molar-refractivity contribution < 1.29 is 9.59 Å². The van der Waals surface area contributed by atoms with Gasteiger partial charge < -0.3 is 16.4 Å². The second-order valence-electron chi connectivity index (χ2n) is 7.52. The number of carbonyl (C=O) groups is 2. The van der Waals surface area contributed by atoms with E-state index in [1.54, 1.807) is 6.07 Å². The quantitative estimate of drug-likeness (QED) is 0.715. The van der Waals surface area contributed by atoms with E-state index in [0.29, 0.717) is 28.6 Å². The summed E-state index contributed by atoms with van der Waals surface area (Å²) in [7, 11) is 0. The second-order valence-corrected chi connectivity index (χ2v) is 8.44. The highest BCUT2D eigenvalue weighted by molar-refractivity contribution is 7.14. The molecule has 0 radical (unpaired) electrons. The van der Waals surface area contributed by atoms with E-state index in [1.807, 2.05) is 17.5 Å². The Hall–Kier alpha value is -2.18. The van der Waals surface area contributed by atoms with Gasteiger partial charge in [0.15, 0.2) is 0 Å². The Morgan fingerprint density at radius 1 is 1.11 bits per heavy atom. The number of rotatable bonds is 6. The highest BCUT2D eigenvalue weighted by Crippen LogP contribution is 2.31. The number of hydrogen-bond acceptors (Lipinski definition) is 4. The van der Waals surface area contributed by atoms with Crippen LogP contribution in [-0.4, -0.2) is 24.4 Å². The SMILES string of the molecule is NC(CNC(=O)c1ccsc1NC(=O)c1ccc2c(c1)CCCC2)C1CC1. The average molecular weight is 384 g/mol. The van der Waals surface area contributed by atoms with Gasteiger partial charge in [-0.1, -0.05) is 6.07 Å². The van der Waals surface area contributed by atoms with E-state index in [4.69, 9.17) is 5.73 Å². The van der Waals surface area contributed by atoms with E-state index < -0.39 is 0 Å². The van der Waals surface area contributed by atoms with E-state index in [2.05, 4.69) is 16.7 Å². The van der Waals surface area contributed by atoms with Crippen LogP contribution in [0.3, 0.4) is 0 Å². The van der Waals surface area contributed by atoms with Gasteiger partial charge in [0.2, 0.25) is 0 Å². The number of carbonyl (C=O) groups excluding carboxylic acids is 2. The van der Waals surface area contributed by atoms with Crippen LogP contribution in [0.25, 0.3) is 0 Å². The molecule has 2 amide bonds. The molecule has 4 rings (SSSR count). The Morgan fingerprint density at radius 2 is 1.89 bits per heavy atom. The fraction of sp³-hybridized carbons (Fsp3) is 0.429. The molecule has 2 aliphatic rings. The molecule has 1 aromatic carbocycles. The number of nitrogens with one attached hydrogen (secondary N) is 2. The van der Waals surface area contributed by atoms with Gasteiger partial charge >= 0.3 is 0 Å². The molecule has 1 fully saturated rings. The van der Waals surface area contributed by atoms with Gasteiger partial charge in [0.1, 0.15) is 5.00 Å². The van der Waals surface area contributed by atoms with Crippen LogP contribution >= 0.6 is 11.3 Å². The largest absolute Gasteiger partial charge is 0.350 e. The molecule has 0 aliphatic heterocycles. The van der Waals surface area contributed by atoms with Gasteiger partial charge in [-0.3, -0.25) is 9.59 Å². The Morgan fingerprint density at radius 3 is 2.67 bits per heavy atom. The maximum Gasteiger partial charge on any atom is 0.256 e. The minimum atomic E-state index is -0.187. The third-order valence-electron chi connectivity index (χ3n) is 5.47. The monoisotopic (exact) mass is 383 g/mol. The zero-order valence-electron chi connectivity index (χ0n) is 15.3. The van der Waals surface area contributed by atoms with E-state index in [-0.39, 0.29) is 17.9 Å². The Labute approximate surface area is 163 Å². The van der Waals surface area contributed by atoms with Crippen molar-refractivity contribution in [3.63, 3.8) is 0 Å². The maximum absolute atomic E-state index is 12.7. The van der Waals surface area contributed by atoms with E-state index in [9.17, 15) is 9.59 Å². The summed E-state index contributed by atoms with van der Waals surface area (Å²) in [5, 5.41) is 8.19. The second kappa shape index (κ2) is 7.82. The van der Waals surface area contributed by atoms with Crippen LogP contribution in [0.5, 0.6) is 0 Å². The molecule has 0 saturated heterocycles. The predicted octanol–water partition coefficient (Wildman–Crippen LogP) is 3.35. The molecule has 2 aromatic rings. The lowest BCUT2D eigenvalue weighted by Crippen LogP contribution is -2.38. The number of amides is 2. The molecule has 4 N–H and O–H groups in total. The number of thiophene rings is 1. The lowest BCUT2D eigenvalue weighted by molar-refractivity contribution is 0.0951. The normalized spacial score (nSPS) is 17.1. The summed E-state index contributed by atoms with van der Waals surface area (Å²) in [6.45, 7) is 0.470. The third-order valence-corrected chi connectivity index (χ3v) is 6.30. The van der Waals surface area contributed by atoms with Crippen LogP contribution in [0, 0.1) is 5.92 Å². The first-order chi connectivity index (χ1) is 13.1. The molecule has 1 unspecified atom stereocenters. The number of fused-ring (bicyclic) bond motifs is 1. The fourth-order valence-electron chi connectivity index (χ4n) is 3.63.